The molecule has 1 N–H and O–H groups in total. The normalized spacial score (nSPS) is 13.5. The number of non-ortho nitro benzene ring substituents is 1. The Morgan fingerprint density at radius 3 is 2.47 bits per heavy atom. The molecule has 0 radical (unpaired) electrons. The van der Waals surface area contributed by atoms with Gasteiger partial charge in [0.25, 0.3) is 11.6 Å². The largest absolute Gasteiger partial charge is 0.452 e. The van der Waals surface area contributed by atoms with Crippen molar-refractivity contribution in [1.29, 1.82) is 0 Å². The topological polar surface area (TPSA) is 120 Å². The zero-order valence-electron chi connectivity index (χ0n) is 16.7. The Labute approximate surface area is 180 Å². The van der Waals surface area contributed by atoms with Gasteiger partial charge in [-0.3, -0.25) is 14.9 Å². The van der Waals surface area contributed by atoms with Crippen molar-refractivity contribution in [2.45, 2.75) is 6.61 Å². The fourth-order valence-electron chi connectivity index (χ4n) is 3.01. The Morgan fingerprint density at radius 1 is 1.16 bits per heavy atom. The van der Waals surface area contributed by atoms with Crippen molar-refractivity contribution in [2.24, 2.45) is 0 Å². The van der Waals surface area contributed by atoms with E-state index in [1.54, 1.807) is 0 Å². The van der Waals surface area contributed by atoms with Gasteiger partial charge in [0.05, 0.1) is 29.4 Å². The number of rotatable bonds is 8. The SMILES string of the molecule is O=C(COC(=O)c1cc([N+](=O)[O-])ccc1N1CCOCC1)Nc1ccc(OC(F)F)cc1. The Kier molecular flexibility index (Phi) is 7.49. The summed E-state index contributed by atoms with van der Waals surface area (Å²) in [5.41, 5.74) is 0.392. The van der Waals surface area contributed by atoms with Crippen LogP contribution in [0.5, 0.6) is 5.75 Å². The molecule has 1 aliphatic heterocycles. The predicted octanol–water partition coefficient (Wildman–Crippen LogP) is 2.83. The van der Waals surface area contributed by atoms with Gasteiger partial charge >= 0.3 is 12.6 Å². The summed E-state index contributed by atoms with van der Waals surface area (Å²) in [6.07, 6.45) is 0. The molecule has 170 valence electrons. The first kappa shape index (κ1) is 22.9. The number of ether oxygens (including phenoxy) is 3. The highest BCUT2D eigenvalue weighted by molar-refractivity contribution is 5.99. The number of amides is 1. The molecular weight excluding hydrogens is 432 g/mol. The van der Waals surface area contributed by atoms with Crippen LogP contribution in [0.25, 0.3) is 0 Å². The third-order valence-electron chi connectivity index (χ3n) is 4.46. The molecule has 2 aromatic carbocycles. The number of alkyl halides is 2. The minimum Gasteiger partial charge on any atom is -0.452 e. The molecule has 1 aliphatic rings. The van der Waals surface area contributed by atoms with E-state index in [9.17, 15) is 28.5 Å². The van der Waals surface area contributed by atoms with E-state index in [1.165, 1.54) is 36.4 Å². The highest BCUT2D eigenvalue weighted by Gasteiger charge is 2.23. The fraction of sp³-hybridized carbons (Fsp3) is 0.300. The van der Waals surface area contributed by atoms with Gasteiger partial charge in [0.2, 0.25) is 0 Å². The van der Waals surface area contributed by atoms with Gasteiger partial charge in [-0.25, -0.2) is 4.79 Å². The minimum absolute atomic E-state index is 0.0394. The molecule has 0 aromatic heterocycles. The van der Waals surface area contributed by atoms with Crippen LogP contribution in [0, 0.1) is 10.1 Å². The third kappa shape index (κ3) is 6.11. The number of nitro groups is 1. The standard InChI is InChI=1S/C20H19F2N3O7/c21-20(22)32-15-4-1-13(2-5-15)23-18(26)12-31-19(27)16-11-14(25(28)29)3-6-17(16)24-7-9-30-10-8-24/h1-6,11,20H,7-10,12H2,(H,23,26). The van der Waals surface area contributed by atoms with Crippen molar-refractivity contribution >= 4 is 28.9 Å². The number of nitro benzene ring substituents is 1. The van der Waals surface area contributed by atoms with Crippen LogP contribution < -0.4 is 15.0 Å². The third-order valence-corrected chi connectivity index (χ3v) is 4.46. The lowest BCUT2D eigenvalue weighted by atomic mass is 10.1. The summed E-state index contributed by atoms with van der Waals surface area (Å²) < 4.78 is 38.9. The van der Waals surface area contributed by atoms with Crippen LogP contribution in [0.2, 0.25) is 0 Å². The van der Waals surface area contributed by atoms with Crippen LogP contribution in [-0.2, 0) is 14.3 Å². The van der Waals surface area contributed by atoms with E-state index in [0.717, 1.165) is 6.07 Å². The van der Waals surface area contributed by atoms with Crippen molar-refractivity contribution < 1.29 is 37.5 Å². The molecule has 1 saturated heterocycles. The van der Waals surface area contributed by atoms with Gasteiger partial charge < -0.3 is 24.4 Å². The van der Waals surface area contributed by atoms with Crippen LogP contribution in [0.1, 0.15) is 10.4 Å². The van der Waals surface area contributed by atoms with E-state index in [1.807, 2.05) is 4.90 Å². The first-order valence-electron chi connectivity index (χ1n) is 9.46. The van der Waals surface area contributed by atoms with E-state index in [4.69, 9.17) is 9.47 Å². The maximum Gasteiger partial charge on any atom is 0.387 e. The van der Waals surface area contributed by atoms with Gasteiger partial charge in [-0.1, -0.05) is 0 Å². The van der Waals surface area contributed by atoms with Crippen LogP contribution in [0.3, 0.4) is 0 Å². The molecule has 2 aromatic rings. The molecule has 0 bridgehead atoms. The fourth-order valence-corrected chi connectivity index (χ4v) is 3.01. The molecule has 0 unspecified atom stereocenters. The summed E-state index contributed by atoms with van der Waals surface area (Å²) >= 11 is 0. The smallest absolute Gasteiger partial charge is 0.387 e. The van der Waals surface area contributed by atoms with E-state index in [2.05, 4.69) is 10.1 Å². The molecule has 10 nitrogen and oxygen atoms in total. The number of carbonyl (C=O) groups excluding carboxylic acids is 2. The Balaban J connectivity index is 1.64. The second-order valence-corrected chi connectivity index (χ2v) is 6.59. The van der Waals surface area contributed by atoms with E-state index >= 15 is 0 Å². The van der Waals surface area contributed by atoms with Crippen LogP contribution in [-0.4, -0.2) is 56.3 Å². The number of esters is 1. The van der Waals surface area contributed by atoms with Crippen LogP contribution in [0.4, 0.5) is 25.8 Å². The van der Waals surface area contributed by atoms with Gasteiger partial charge in [-0.15, -0.1) is 0 Å². The molecule has 1 heterocycles. The number of anilines is 2. The summed E-state index contributed by atoms with van der Waals surface area (Å²) in [7, 11) is 0. The number of hydrogen-bond donors (Lipinski definition) is 1. The Morgan fingerprint density at radius 2 is 1.84 bits per heavy atom. The molecule has 1 amide bonds. The number of hydrogen-bond acceptors (Lipinski definition) is 8. The minimum atomic E-state index is -2.97. The quantitative estimate of drug-likeness (QED) is 0.370. The van der Waals surface area contributed by atoms with Crippen molar-refractivity contribution in [3.05, 3.63) is 58.1 Å². The number of benzene rings is 2. The molecule has 0 saturated carbocycles. The molecule has 0 spiro atoms. The number of nitrogens with zero attached hydrogens (tertiary/aromatic N) is 2. The molecule has 0 aliphatic carbocycles. The van der Waals surface area contributed by atoms with Gasteiger partial charge in [0.15, 0.2) is 6.61 Å². The van der Waals surface area contributed by atoms with E-state index < -0.39 is 30.0 Å². The first-order valence-corrected chi connectivity index (χ1v) is 9.46. The van der Waals surface area contributed by atoms with Gasteiger partial charge in [-0.2, -0.15) is 8.78 Å². The van der Waals surface area contributed by atoms with Crippen molar-refractivity contribution in [3.63, 3.8) is 0 Å². The molecule has 1 fully saturated rings. The second kappa shape index (κ2) is 10.5. The summed E-state index contributed by atoms with van der Waals surface area (Å²) in [4.78, 5) is 37.0. The first-order chi connectivity index (χ1) is 15.3. The lowest BCUT2D eigenvalue weighted by molar-refractivity contribution is -0.384. The van der Waals surface area contributed by atoms with Crippen molar-refractivity contribution in [1.82, 2.24) is 0 Å². The van der Waals surface area contributed by atoms with Crippen molar-refractivity contribution in [2.75, 3.05) is 43.1 Å². The predicted molar refractivity (Wildman–Crippen MR) is 108 cm³/mol. The average Bonchev–Trinajstić information content (AvgIpc) is 2.78. The van der Waals surface area contributed by atoms with Crippen LogP contribution in [0.15, 0.2) is 42.5 Å². The lowest BCUT2D eigenvalue weighted by Crippen LogP contribution is -2.37. The maximum absolute atomic E-state index is 12.6. The summed E-state index contributed by atoms with van der Waals surface area (Å²) in [6.45, 7) is -1.76. The Bertz CT molecular complexity index is 980. The zero-order valence-corrected chi connectivity index (χ0v) is 16.7. The monoisotopic (exact) mass is 451 g/mol. The van der Waals surface area contributed by atoms with E-state index in [-0.39, 0.29) is 22.7 Å². The maximum atomic E-state index is 12.6. The lowest BCUT2D eigenvalue weighted by Gasteiger charge is -2.30. The highest BCUT2D eigenvalue weighted by Crippen LogP contribution is 2.27. The summed E-state index contributed by atoms with van der Waals surface area (Å²) in [5, 5.41) is 13.6. The van der Waals surface area contributed by atoms with Gasteiger partial charge in [-0.05, 0) is 30.3 Å². The Hall–Kier alpha value is -3.80. The van der Waals surface area contributed by atoms with Crippen molar-refractivity contribution in [3.8, 4) is 5.75 Å². The number of nitrogens with one attached hydrogen (secondary N) is 1. The molecule has 12 heteroatoms. The second-order valence-electron chi connectivity index (χ2n) is 6.59. The number of halogens is 2. The molecule has 3 rings (SSSR count). The molecule has 0 atom stereocenters. The van der Waals surface area contributed by atoms with Gasteiger partial charge in [0, 0.05) is 30.9 Å². The zero-order chi connectivity index (χ0) is 23.1. The number of carbonyl (C=O) groups is 2. The number of morpholine rings is 1. The highest BCUT2D eigenvalue weighted by atomic mass is 19.3. The average molecular weight is 451 g/mol. The molecule has 32 heavy (non-hydrogen) atoms. The van der Waals surface area contributed by atoms with Crippen LogP contribution >= 0.6 is 0 Å². The van der Waals surface area contributed by atoms with Gasteiger partial charge in [0.1, 0.15) is 5.75 Å². The summed E-state index contributed by atoms with van der Waals surface area (Å²) in [6, 6.07) is 9.02. The molecular formula is C20H19F2N3O7. The van der Waals surface area contributed by atoms with E-state index in [0.29, 0.717) is 32.0 Å². The summed E-state index contributed by atoms with van der Waals surface area (Å²) in [5.74, 6) is -1.66.